The first-order chi connectivity index (χ1) is 29.4. The Morgan fingerprint density at radius 2 is 1.02 bits per heavy atom. The molecule has 0 amide bonds. The van der Waals surface area contributed by atoms with Crippen LogP contribution in [0, 0.1) is 0 Å². The molecule has 4 heteroatoms. The predicted molar refractivity (Wildman–Crippen MR) is 251 cm³/mol. The van der Waals surface area contributed by atoms with E-state index < -0.39 is 0 Å². The van der Waals surface area contributed by atoms with Crippen LogP contribution in [0.4, 0.5) is 22.7 Å². The third kappa shape index (κ3) is 5.23. The van der Waals surface area contributed by atoms with Gasteiger partial charge in [-0.15, -0.1) is 0 Å². The molecule has 0 aliphatic heterocycles. The summed E-state index contributed by atoms with van der Waals surface area (Å²) in [5.41, 5.74) is 11.6. The lowest BCUT2D eigenvalue weighted by Gasteiger charge is -2.40. The monoisotopic (exact) mass is 774 g/mol. The first-order valence-electron chi connectivity index (χ1n) is 20.9. The van der Waals surface area contributed by atoms with E-state index in [4.69, 9.17) is 8.83 Å². The molecule has 0 fully saturated rings. The maximum Gasteiger partial charge on any atom is 0.159 e. The molecule has 9 aromatic carbocycles. The number of hydrogen-bond donors (Lipinski definition) is 0. The van der Waals surface area contributed by atoms with Gasteiger partial charge in [-0.1, -0.05) is 154 Å². The summed E-state index contributed by atoms with van der Waals surface area (Å²) < 4.78 is 13.7. The van der Waals surface area contributed by atoms with Crippen molar-refractivity contribution in [3.63, 3.8) is 0 Å². The van der Waals surface area contributed by atoms with E-state index in [0.717, 1.165) is 66.6 Å². The summed E-state index contributed by atoms with van der Waals surface area (Å²) in [5.74, 6) is 0. The number of nitrogens with zero attached hydrogens (tertiary/aromatic N) is 2. The maximum absolute atomic E-state index is 6.83. The van der Waals surface area contributed by atoms with E-state index in [1.165, 1.54) is 43.6 Å². The van der Waals surface area contributed by atoms with Gasteiger partial charge in [-0.2, -0.15) is 0 Å². The molecular weight excluding hydrogens is 733 g/mol. The van der Waals surface area contributed by atoms with E-state index in [1.807, 2.05) is 6.07 Å². The average Bonchev–Trinajstić information content (AvgIpc) is 3.86. The molecule has 288 valence electrons. The van der Waals surface area contributed by atoms with Crippen LogP contribution in [-0.4, -0.2) is 0 Å². The first kappa shape index (κ1) is 34.7. The van der Waals surface area contributed by atoms with E-state index in [9.17, 15) is 0 Å². The summed E-state index contributed by atoms with van der Waals surface area (Å²) in [6.45, 7) is 6.91. The molecule has 12 rings (SSSR count). The minimum absolute atomic E-state index is 0.00297. The van der Waals surface area contributed by atoms with Crippen molar-refractivity contribution in [2.24, 2.45) is 0 Å². The molecule has 0 spiro atoms. The van der Waals surface area contributed by atoms with Gasteiger partial charge in [0.05, 0.1) is 17.4 Å². The Bertz CT molecular complexity index is 3500. The smallest absolute Gasteiger partial charge is 0.159 e. The van der Waals surface area contributed by atoms with Crippen LogP contribution >= 0.6 is 0 Å². The minimum atomic E-state index is -0.118. The van der Waals surface area contributed by atoms with Gasteiger partial charge in [-0.25, -0.2) is 0 Å². The largest absolute Gasteiger partial charge is 0.454 e. The van der Waals surface area contributed by atoms with Gasteiger partial charge in [-0.3, -0.25) is 0 Å². The number of benzene rings is 9. The quantitative estimate of drug-likeness (QED) is 0.168. The van der Waals surface area contributed by atoms with Crippen molar-refractivity contribution < 1.29 is 8.83 Å². The van der Waals surface area contributed by atoms with Gasteiger partial charge in [-0.05, 0) is 86.6 Å². The number of para-hydroxylation sites is 6. The van der Waals surface area contributed by atoms with Gasteiger partial charge in [0.1, 0.15) is 11.2 Å². The molecule has 1 unspecified atom stereocenters. The van der Waals surface area contributed by atoms with Gasteiger partial charge in [0.15, 0.2) is 11.2 Å². The zero-order chi connectivity index (χ0) is 40.1. The van der Waals surface area contributed by atoms with Gasteiger partial charge in [0.2, 0.25) is 0 Å². The summed E-state index contributed by atoms with van der Waals surface area (Å²) in [6.07, 6.45) is 0.699. The first-order valence-corrected chi connectivity index (χ1v) is 20.9. The molecule has 0 saturated carbocycles. The van der Waals surface area contributed by atoms with Crippen LogP contribution in [0.3, 0.4) is 0 Å². The summed E-state index contributed by atoms with van der Waals surface area (Å²) in [5, 5.41) is 10.8. The Kier molecular flexibility index (Phi) is 7.58. The fraction of sp³-hybridized carbons (Fsp3) is 0.107. The number of furan rings is 2. The second-order valence-electron chi connectivity index (χ2n) is 17.2. The zero-order valence-electron chi connectivity index (χ0n) is 33.8. The normalized spacial score (nSPS) is 14.3. The number of hydrogen-bond acceptors (Lipinski definition) is 4. The van der Waals surface area contributed by atoms with Crippen LogP contribution in [0.5, 0.6) is 0 Å². The molecule has 1 atom stereocenters. The Labute approximate surface area is 348 Å². The Balaban J connectivity index is 1.20. The molecule has 1 aliphatic carbocycles. The Morgan fingerprint density at radius 3 is 1.65 bits per heavy atom. The van der Waals surface area contributed by atoms with E-state index in [-0.39, 0.29) is 11.5 Å². The van der Waals surface area contributed by atoms with Gasteiger partial charge < -0.3 is 18.6 Å². The van der Waals surface area contributed by atoms with Crippen LogP contribution in [0.15, 0.2) is 191 Å². The Morgan fingerprint density at radius 1 is 0.483 bits per heavy atom. The van der Waals surface area contributed by atoms with E-state index in [2.05, 4.69) is 206 Å². The molecule has 1 aliphatic rings. The van der Waals surface area contributed by atoms with Crippen molar-refractivity contribution in [2.45, 2.75) is 38.6 Å². The number of fused-ring (bicyclic) bond motifs is 6. The molecule has 0 radical (unpaired) electrons. The third-order valence-electron chi connectivity index (χ3n) is 12.7. The molecule has 0 saturated heterocycles. The second-order valence-corrected chi connectivity index (χ2v) is 17.2. The van der Waals surface area contributed by atoms with Crippen molar-refractivity contribution in [3.05, 3.63) is 198 Å². The highest BCUT2D eigenvalue weighted by Crippen LogP contribution is 2.50. The van der Waals surface area contributed by atoms with Crippen molar-refractivity contribution in [1.82, 2.24) is 0 Å². The van der Waals surface area contributed by atoms with Crippen molar-refractivity contribution in [2.75, 3.05) is 9.80 Å². The van der Waals surface area contributed by atoms with Crippen molar-refractivity contribution in [3.8, 4) is 0 Å². The number of rotatable bonds is 6. The van der Waals surface area contributed by atoms with Crippen molar-refractivity contribution in [1.29, 1.82) is 0 Å². The lowest BCUT2D eigenvalue weighted by Crippen LogP contribution is -2.34. The number of anilines is 4. The summed E-state index contributed by atoms with van der Waals surface area (Å²) in [4.78, 5) is 5.00. The SMILES string of the molecule is CC(C)(C)c1cc2ccc3c4c(ccc(c1)c24)=C(N(c1ccccc1)c1cccc2c1oc1ccccc12)CC3N(c1ccccc1)c1cccc2c1oc1ccccc12. The highest BCUT2D eigenvalue weighted by atomic mass is 16.3. The third-order valence-corrected chi connectivity index (χ3v) is 12.7. The van der Waals surface area contributed by atoms with E-state index >= 15 is 0 Å². The van der Waals surface area contributed by atoms with Gasteiger partial charge >= 0.3 is 0 Å². The van der Waals surface area contributed by atoms with Crippen LogP contribution < -0.4 is 15.0 Å². The molecule has 0 bridgehead atoms. The van der Waals surface area contributed by atoms with Gasteiger partial charge in [0, 0.05) is 50.3 Å². The lowest BCUT2D eigenvalue weighted by molar-refractivity contribution is 0.591. The molecule has 60 heavy (non-hydrogen) atoms. The highest BCUT2D eigenvalue weighted by molar-refractivity contribution is 6.15. The highest BCUT2D eigenvalue weighted by Gasteiger charge is 2.35. The van der Waals surface area contributed by atoms with Gasteiger partial charge in [0.25, 0.3) is 0 Å². The van der Waals surface area contributed by atoms with Crippen LogP contribution in [0.1, 0.15) is 44.4 Å². The second kappa shape index (κ2) is 13.1. The molecule has 0 N–H and O–H groups in total. The summed E-state index contributed by atoms with van der Waals surface area (Å²) >= 11 is 0. The van der Waals surface area contributed by atoms with Crippen LogP contribution in [-0.2, 0) is 5.41 Å². The molecular formula is C56H42N2O2. The standard InChI is InChI=1S/C56H42N2O2/c1-56(2,3)37-32-35-28-30-44-48(57(38-16-6-4-7-17-38)46-24-14-22-42-40-20-10-12-26-50(40)59-54(42)46)34-49(45-31-29-36(33-37)52(35)53(44)45)58(39-18-8-5-9-19-39)47-25-15-23-43-41-21-11-13-27-51(41)60-55(43)47/h4-33,48H,34H2,1-3H3. The topological polar surface area (TPSA) is 32.8 Å². The Hall–Kier alpha value is -7.30. The fourth-order valence-corrected chi connectivity index (χ4v) is 9.91. The van der Waals surface area contributed by atoms with E-state index in [0.29, 0.717) is 6.42 Å². The van der Waals surface area contributed by atoms with Crippen molar-refractivity contribution >= 4 is 93.9 Å². The summed E-state index contributed by atoms with van der Waals surface area (Å²) in [6, 6.07) is 65.8. The maximum atomic E-state index is 6.83. The minimum Gasteiger partial charge on any atom is -0.454 e. The average molecular weight is 775 g/mol. The summed E-state index contributed by atoms with van der Waals surface area (Å²) in [7, 11) is 0. The lowest BCUT2D eigenvalue weighted by atomic mass is 9.80. The van der Waals surface area contributed by atoms with Crippen LogP contribution in [0.2, 0.25) is 0 Å². The molecule has 2 aromatic heterocycles. The fourth-order valence-electron chi connectivity index (χ4n) is 9.91. The van der Waals surface area contributed by atoms with Crippen LogP contribution in [0.25, 0.3) is 71.1 Å². The molecule has 2 heterocycles. The molecule has 4 nitrogen and oxygen atoms in total. The zero-order valence-corrected chi connectivity index (χ0v) is 33.8. The van der Waals surface area contributed by atoms with E-state index in [1.54, 1.807) is 0 Å². The predicted octanol–water partition coefficient (Wildman–Crippen LogP) is 15.0. The molecule has 11 aromatic rings.